The van der Waals surface area contributed by atoms with E-state index in [9.17, 15) is 0 Å². The average molecular weight is 517 g/mol. The molecule has 0 bridgehead atoms. The van der Waals surface area contributed by atoms with Crippen LogP contribution >= 0.6 is 0 Å². The molecule has 0 unspecified atom stereocenters. The maximum atomic E-state index is 8.00. The zero-order chi connectivity index (χ0) is 16.2. The van der Waals surface area contributed by atoms with Crippen molar-refractivity contribution < 1.29 is 80.2 Å². The van der Waals surface area contributed by atoms with Gasteiger partial charge in [0.15, 0.2) is 0 Å². The molecule has 0 heterocycles. The van der Waals surface area contributed by atoms with Crippen LogP contribution in [0, 0.1) is 60.7 Å². The van der Waals surface area contributed by atoms with Crippen molar-refractivity contribution in [3.8, 4) is 0 Å². The molecule has 0 amide bonds. The summed E-state index contributed by atoms with van der Waals surface area (Å²) >= 11 is 0. The summed E-state index contributed by atoms with van der Waals surface area (Å²) in [6, 6.07) is 0. The van der Waals surface area contributed by atoms with Crippen LogP contribution in [0.25, 0.3) is 0 Å². The van der Waals surface area contributed by atoms with Gasteiger partial charge in [0.2, 0.25) is 0 Å². The van der Waals surface area contributed by atoms with E-state index in [1.807, 2.05) is 0 Å². The van der Waals surface area contributed by atoms with Gasteiger partial charge in [0.05, 0.1) is 0 Å². The molecule has 0 aliphatic carbocycles. The predicted octanol–water partition coefficient (Wildman–Crippen LogP) is -4.49. The van der Waals surface area contributed by atoms with Gasteiger partial charge in [-0.2, -0.15) is 0 Å². The second kappa shape index (κ2) is 241. The monoisotopic (exact) mass is 517 g/mol. The molecule has 21 heteroatoms. The van der Waals surface area contributed by atoms with Crippen molar-refractivity contribution in [3.63, 3.8) is 0 Å². The third-order valence-electron chi connectivity index (χ3n) is 0. The van der Waals surface area contributed by atoms with E-state index in [1.54, 1.807) is 0 Å². The van der Waals surface area contributed by atoms with E-state index in [1.165, 1.54) is 0 Å². The van der Waals surface area contributed by atoms with E-state index in [0.29, 0.717) is 0 Å². The number of hydrogen-bond donors (Lipinski definition) is 0. The fraction of sp³-hybridized carbons (Fsp3) is 0. The molecule has 0 aromatic rings. The van der Waals surface area contributed by atoms with Gasteiger partial charge in [0.1, 0.15) is 0 Å². The zero-order valence-electron chi connectivity index (χ0n) is 9.90. The maximum absolute atomic E-state index is 8.00. The molecule has 0 radical (unpaired) electrons. The number of nitrogens with zero attached hydrogens (tertiary/aromatic N) is 6. The second-order valence-corrected chi connectivity index (χ2v) is 0.447. The molecule has 0 spiro atoms. The summed E-state index contributed by atoms with van der Waals surface area (Å²) in [7, 11) is 0. The van der Waals surface area contributed by atoms with Crippen molar-refractivity contribution in [2.45, 2.75) is 0 Å². The SMILES string of the molecule is O=N[O-].O=N[O-].O=N[O-].O=N[O-].O=N[O-].O=N[O-].[Na+].[Na+].[Pt]. The van der Waals surface area contributed by atoms with Crippen molar-refractivity contribution in [2.24, 2.45) is 32.0 Å². The Bertz CT molecular complexity index is 123. The summed E-state index contributed by atoms with van der Waals surface area (Å²) < 4.78 is 0. The van der Waals surface area contributed by atoms with Gasteiger partial charge in [-0.3, -0.25) is 0 Å². The van der Waals surface area contributed by atoms with Crippen molar-refractivity contribution in [3.05, 3.63) is 60.7 Å². The number of hydrogen-bond acceptors (Lipinski definition) is 18. The first kappa shape index (κ1) is 59.5. The Labute approximate surface area is 171 Å². The topological polar surface area (TPSA) is 315 Å². The Morgan fingerprint density at radius 3 is 0.381 bits per heavy atom. The average Bonchev–Trinajstić information content (AvgIpc) is 2.23. The molecule has 0 saturated heterocycles. The van der Waals surface area contributed by atoms with Crippen LogP contribution in [0.3, 0.4) is 0 Å². The largest absolute Gasteiger partial charge is 1.00 e. The standard InChI is InChI=1S/6HNO2.2Na.Pt/c6*2-1-3;;;/h6*(H,2,3);;;/q;;;;;;2*+1;/p-6. The van der Waals surface area contributed by atoms with E-state index in [-0.39, 0.29) is 80.2 Å². The van der Waals surface area contributed by atoms with E-state index < -0.39 is 0 Å². The Hall–Kier alpha value is -0.912. The van der Waals surface area contributed by atoms with Gasteiger partial charge in [0, 0.05) is 21.1 Å². The van der Waals surface area contributed by atoms with E-state index in [4.69, 9.17) is 60.7 Å². The van der Waals surface area contributed by atoms with Gasteiger partial charge < -0.3 is 60.7 Å². The molecule has 0 aromatic carbocycles. The molecule has 0 aliphatic heterocycles. The molecule has 18 nitrogen and oxygen atoms in total. The van der Waals surface area contributed by atoms with Gasteiger partial charge in [-0.1, -0.05) is 0 Å². The minimum Gasteiger partial charge on any atom is -0.444 e. The van der Waals surface area contributed by atoms with Crippen LogP contribution in [0.2, 0.25) is 0 Å². The first-order valence-corrected chi connectivity index (χ1v) is 2.19. The molecule has 0 aromatic heterocycles. The Kier molecular flexibility index (Phi) is 684. The molecule has 0 N–H and O–H groups in total. The normalized spacial score (nSPS) is 3.43. The van der Waals surface area contributed by atoms with Crippen LogP contribution in [0.15, 0.2) is 32.0 Å². The second-order valence-electron chi connectivity index (χ2n) is 0.447. The summed E-state index contributed by atoms with van der Waals surface area (Å²) in [5.74, 6) is 0. The van der Waals surface area contributed by atoms with Crippen molar-refractivity contribution >= 4 is 0 Å². The zero-order valence-corrected chi connectivity index (χ0v) is 16.2. The minimum absolute atomic E-state index is 0. The third-order valence-corrected chi connectivity index (χ3v) is 0. The van der Waals surface area contributed by atoms with Crippen molar-refractivity contribution in [1.29, 1.82) is 0 Å². The summed E-state index contributed by atoms with van der Waals surface area (Å²) in [4.78, 5) is 48.0. The Morgan fingerprint density at radius 1 is 0.381 bits per heavy atom. The van der Waals surface area contributed by atoms with Crippen LogP contribution in [0.1, 0.15) is 0 Å². The van der Waals surface area contributed by atoms with Crippen molar-refractivity contribution in [2.75, 3.05) is 0 Å². The van der Waals surface area contributed by atoms with Gasteiger partial charge in [-0.05, 0) is 0 Å². The van der Waals surface area contributed by atoms with Gasteiger partial charge >= 0.3 is 59.1 Å². The minimum atomic E-state index is 0. The first-order valence-electron chi connectivity index (χ1n) is 2.19. The molecular formula is N6Na2O12Pt-4. The fourth-order valence-electron chi connectivity index (χ4n) is 0. The molecule has 0 fully saturated rings. The fourth-order valence-corrected chi connectivity index (χ4v) is 0. The molecule has 0 atom stereocenters. The predicted molar refractivity (Wildman–Crippen MR) is 55.0 cm³/mol. The summed E-state index contributed by atoms with van der Waals surface area (Å²) in [5, 5.41) is 54.0. The summed E-state index contributed by atoms with van der Waals surface area (Å²) in [6.45, 7) is 0. The van der Waals surface area contributed by atoms with Crippen LogP contribution in [-0.2, 0) is 21.1 Å². The Morgan fingerprint density at radius 2 is 0.381 bits per heavy atom. The molecule has 0 aliphatic rings. The molecule has 0 rings (SSSR count). The summed E-state index contributed by atoms with van der Waals surface area (Å²) in [5.41, 5.74) is 0. The van der Waals surface area contributed by atoms with Gasteiger partial charge in [-0.15, -0.1) is 32.0 Å². The quantitative estimate of drug-likeness (QED) is 0.167. The Balaban J connectivity index is -0.0000000114. The van der Waals surface area contributed by atoms with Gasteiger partial charge in [-0.25, -0.2) is 0 Å². The van der Waals surface area contributed by atoms with Crippen LogP contribution in [0.4, 0.5) is 0 Å². The summed E-state index contributed by atoms with van der Waals surface area (Å²) in [6.07, 6.45) is 0. The van der Waals surface area contributed by atoms with Crippen LogP contribution < -0.4 is 59.1 Å². The van der Waals surface area contributed by atoms with Crippen LogP contribution in [-0.4, -0.2) is 0 Å². The number of rotatable bonds is 0. The van der Waals surface area contributed by atoms with Crippen molar-refractivity contribution in [1.82, 2.24) is 0 Å². The van der Waals surface area contributed by atoms with E-state index in [2.05, 4.69) is 0 Å². The molecular weight excluding hydrogens is 517 g/mol. The molecule has 118 valence electrons. The molecule has 0 saturated carbocycles. The van der Waals surface area contributed by atoms with Crippen LogP contribution in [0.5, 0.6) is 0 Å². The maximum Gasteiger partial charge on any atom is 1.00 e. The smallest absolute Gasteiger partial charge is 0.444 e. The van der Waals surface area contributed by atoms with Gasteiger partial charge in [0.25, 0.3) is 0 Å². The van der Waals surface area contributed by atoms with E-state index >= 15 is 0 Å². The first-order chi connectivity index (χ1) is 8.49. The molecule has 21 heavy (non-hydrogen) atoms. The third kappa shape index (κ3) is 6710. The van der Waals surface area contributed by atoms with E-state index in [0.717, 1.165) is 32.0 Å².